The van der Waals surface area contributed by atoms with Gasteiger partial charge in [0, 0.05) is 11.4 Å². The number of benzene rings is 2. The second-order valence-corrected chi connectivity index (χ2v) is 5.28. The van der Waals surface area contributed by atoms with E-state index in [0.29, 0.717) is 18.0 Å². The van der Waals surface area contributed by atoms with Crippen molar-refractivity contribution in [2.45, 2.75) is 26.7 Å². The van der Waals surface area contributed by atoms with Gasteiger partial charge in [-0.3, -0.25) is 9.59 Å². The van der Waals surface area contributed by atoms with E-state index >= 15 is 0 Å². The van der Waals surface area contributed by atoms with E-state index in [0.717, 1.165) is 12.2 Å². The zero-order valence-corrected chi connectivity index (χ0v) is 14.0. The number of nitrogens with one attached hydrogen (secondary N) is 2. The van der Waals surface area contributed by atoms with Crippen LogP contribution in [0.25, 0.3) is 0 Å². The summed E-state index contributed by atoms with van der Waals surface area (Å²) in [6.07, 6.45) is 0.710. The van der Waals surface area contributed by atoms with Crippen LogP contribution < -0.4 is 15.4 Å². The quantitative estimate of drug-likeness (QED) is 0.764. The summed E-state index contributed by atoms with van der Waals surface area (Å²) in [6, 6.07) is 14.6. The zero-order valence-electron chi connectivity index (χ0n) is 14.0. The molecule has 5 nitrogen and oxygen atoms in total. The molecule has 0 saturated carbocycles. The summed E-state index contributed by atoms with van der Waals surface area (Å²) in [5, 5.41) is 5.41. The van der Waals surface area contributed by atoms with Crippen molar-refractivity contribution in [3.63, 3.8) is 0 Å². The molecule has 0 aromatic heterocycles. The van der Waals surface area contributed by atoms with Crippen LogP contribution in [0.15, 0.2) is 48.5 Å². The van der Waals surface area contributed by atoms with Gasteiger partial charge in [-0.25, -0.2) is 0 Å². The molecule has 2 rings (SSSR count). The van der Waals surface area contributed by atoms with Gasteiger partial charge in [-0.1, -0.05) is 19.1 Å². The number of hydrogen-bond donors (Lipinski definition) is 2. The third-order valence-electron chi connectivity index (χ3n) is 3.42. The molecule has 0 aliphatic rings. The Balaban J connectivity index is 1.83. The Morgan fingerprint density at radius 1 is 0.833 bits per heavy atom. The van der Waals surface area contributed by atoms with Gasteiger partial charge in [0.2, 0.25) is 11.8 Å². The van der Waals surface area contributed by atoms with Crippen LogP contribution in [0.2, 0.25) is 0 Å². The minimum absolute atomic E-state index is 0.233. The van der Waals surface area contributed by atoms with Gasteiger partial charge >= 0.3 is 0 Å². The lowest BCUT2D eigenvalue weighted by Crippen LogP contribution is -2.21. The fourth-order valence-corrected chi connectivity index (χ4v) is 2.18. The third-order valence-corrected chi connectivity index (χ3v) is 3.42. The van der Waals surface area contributed by atoms with Crippen molar-refractivity contribution in [3.05, 3.63) is 54.1 Å². The molecule has 126 valence electrons. The zero-order chi connectivity index (χ0) is 17.4. The fourth-order valence-electron chi connectivity index (χ4n) is 2.18. The molecule has 0 aliphatic carbocycles. The van der Waals surface area contributed by atoms with Crippen molar-refractivity contribution in [1.82, 2.24) is 0 Å². The van der Waals surface area contributed by atoms with Gasteiger partial charge < -0.3 is 15.4 Å². The predicted octanol–water partition coefficient (Wildman–Crippen LogP) is 3.62. The molecule has 0 heterocycles. The van der Waals surface area contributed by atoms with Crippen LogP contribution in [-0.2, 0) is 16.0 Å². The van der Waals surface area contributed by atoms with Crippen LogP contribution >= 0.6 is 0 Å². The molecule has 24 heavy (non-hydrogen) atoms. The molecule has 0 unspecified atom stereocenters. The average Bonchev–Trinajstić information content (AvgIpc) is 2.57. The summed E-state index contributed by atoms with van der Waals surface area (Å²) >= 11 is 0. The average molecular weight is 326 g/mol. The highest BCUT2D eigenvalue weighted by Gasteiger charge is 2.10. The lowest BCUT2D eigenvalue weighted by molar-refractivity contribution is -0.123. The van der Waals surface area contributed by atoms with Gasteiger partial charge in [-0.15, -0.1) is 0 Å². The van der Waals surface area contributed by atoms with Crippen molar-refractivity contribution in [2.75, 3.05) is 17.2 Å². The third kappa shape index (κ3) is 5.43. The van der Waals surface area contributed by atoms with Crippen molar-refractivity contribution in [1.29, 1.82) is 0 Å². The number of hydrogen-bond acceptors (Lipinski definition) is 3. The molecule has 0 radical (unpaired) electrons. The van der Waals surface area contributed by atoms with Crippen LogP contribution in [0.4, 0.5) is 11.4 Å². The lowest BCUT2D eigenvalue weighted by Gasteiger charge is -2.08. The molecular formula is C19H22N2O3. The minimum Gasteiger partial charge on any atom is -0.494 e. The highest BCUT2D eigenvalue weighted by Crippen LogP contribution is 2.16. The number of carbonyl (C=O) groups is 2. The number of ether oxygens (including phenoxy) is 1. The van der Waals surface area contributed by atoms with E-state index in [1.807, 2.05) is 31.2 Å². The smallest absolute Gasteiger partial charge is 0.233 e. The molecule has 0 fully saturated rings. The first kappa shape index (κ1) is 17.5. The largest absolute Gasteiger partial charge is 0.494 e. The number of rotatable bonds is 7. The Labute approximate surface area is 142 Å². The van der Waals surface area contributed by atoms with Gasteiger partial charge in [0.15, 0.2) is 0 Å². The molecule has 2 N–H and O–H groups in total. The van der Waals surface area contributed by atoms with E-state index in [9.17, 15) is 9.59 Å². The maximum absolute atomic E-state index is 11.9. The number of anilines is 2. The van der Waals surface area contributed by atoms with Crippen LogP contribution in [-0.4, -0.2) is 18.4 Å². The van der Waals surface area contributed by atoms with Gasteiger partial charge in [0.25, 0.3) is 0 Å². The Bertz CT molecular complexity index is 679. The Morgan fingerprint density at radius 2 is 1.33 bits per heavy atom. The van der Waals surface area contributed by atoms with E-state index < -0.39 is 0 Å². The van der Waals surface area contributed by atoms with E-state index in [1.165, 1.54) is 5.56 Å². The summed E-state index contributed by atoms with van der Waals surface area (Å²) in [7, 11) is 0. The minimum atomic E-state index is -0.359. The maximum atomic E-state index is 11.9. The Kier molecular flexibility index (Phi) is 6.37. The number of aryl methyl sites for hydroxylation is 1. The van der Waals surface area contributed by atoms with Gasteiger partial charge in [0.05, 0.1) is 6.61 Å². The van der Waals surface area contributed by atoms with Crippen LogP contribution in [0.3, 0.4) is 0 Å². The van der Waals surface area contributed by atoms with Gasteiger partial charge in [-0.05, 0) is 55.3 Å². The first-order valence-electron chi connectivity index (χ1n) is 8.02. The molecule has 0 atom stereocenters. The van der Waals surface area contributed by atoms with Gasteiger partial charge in [0.1, 0.15) is 12.2 Å². The topological polar surface area (TPSA) is 67.4 Å². The molecule has 2 aromatic rings. The first-order chi connectivity index (χ1) is 11.6. The van der Waals surface area contributed by atoms with Crippen LogP contribution in [0, 0.1) is 0 Å². The Morgan fingerprint density at radius 3 is 1.79 bits per heavy atom. The fraction of sp³-hybridized carbons (Fsp3) is 0.263. The highest BCUT2D eigenvalue weighted by molar-refractivity contribution is 6.08. The first-order valence-corrected chi connectivity index (χ1v) is 8.02. The Hall–Kier alpha value is -2.82. The second kappa shape index (κ2) is 8.72. The summed E-state index contributed by atoms with van der Waals surface area (Å²) in [6.45, 7) is 4.56. The van der Waals surface area contributed by atoms with Crippen molar-refractivity contribution < 1.29 is 14.3 Å². The van der Waals surface area contributed by atoms with Crippen molar-refractivity contribution in [2.24, 2.45) is 0 Å². The number of amides is 2. The van der Waals surface area contributed by atoms with E-state index in [2.05, 4.69) is 17.6 Å². The van der Waals surface area contributed by atoms with Gasteiger partial charge in [-0.2, -0.15) is 0 Å². The molecule has 2 amide bonds. The molecule has 0 bridgehead atoms. The molecular weight excluding hydrogens is 304 g/mol. The SMILES string of the molecule is CCOc1ccc(NC(=O)CC(=O)Nc2ccc(CC)cc2)cc1. The molecule has 0 saturated heterocycles. The highest BCUT2D eigenvalue weighted by atomic mass is 16.5. The summed E-state index contributed by atoms with van der Waals surface area (Å²) < 4.78 is 5.34. The van der Waals surface area contributed by atoms with E-state index in [4.69, 9.17) is 4.74 Å². The van der Waals surface area contributed by atoms with Crippen LogP contribution in [0.1, 0.15) is 25.8 Å². The molecule has 0 aliphatic heterocycles. The molecule has 0 spiro atoms. The van der Waals surface area contributed by atoms with Crippen LogP contribution in [0.5, 0.6) is 5.75 Å². The number of carbonyl (C=O) groups excluding carboxylic acids is 2. The van der Waals surface area contributed by atoms with Crippen molar-refractivity contribution in [3.8, 4) is 5.75 Å². The standard InChI is InChI=1S/C19H22N2O3/c1-3-14-5-7-15(8-6-14)20-18(22)13-19(23)21-16-9-11-17(12-10-16)24-4-2/h5-12H,3-4,13H2,1-2H3,(H,20,22)(H,21,23). The summed E-state index contributed by atoms with van der Waals surface area (Å²) in [4.78, 5) is 23.8. The second-order valence-electron chi connectivity index (χ2n) is 5.28. The monoisotopic (exact) mass is 326 g/mol. The van der Waals surface area contributed by atoms with E-state index in [-0.39, 0.29) is 18.2 Å². The molecule has 2 aromatic carbocycles. The normalized spacial score (nSPS) is 10.1. The maximum Gasteiger partial charge on any atom is 0.233 e. The predicted molar refractivity (Wildman–Crippen MR) is 95.3 cm³/mol. The summed E-state index contributed by atoms with van der Waals surface area (Å²) in [5.41, 5.74) is 2.51. The van der Waals surface area contributed by atoms with E-state index in [1.54, 1.807) is 24.3 Å². The molecule has 5 heteroatoms. The summed E-state index contributed by atoms with van der Waals surface area (Å²) in [5.74, 6) is 0.0355. The van der Waals surface area contributed by atoms with Crippen molar-refractivity contribution >= 4 is 23.2 Å². The lowest BCUT2D eigenvalue weighted by atomic mass is 10.1.